The highest BCUT2D eigenvalue weighted by Gasteiger charge is 2.35. The van der Waals surface area contributed by atoms with E-state index in [0.717, 1.165) is 43.7 Å². The number of likely N-dealkylation sites (N-methyl/N-ethyl adjacent to an activating group) is 1. The number of methoxy groups -OCH3 is 1. The van der Waals surface area contributed by atoms with Crippen LogP contribution in [0.2, 0.25) is 0 Å². The molecule has 0 bridgehead atoms. The fraction of sp³-hybridized carbons (Fsp3) is 0.480. The van der Waals surface area contributed by atoms with E-state index in [0.29, 0.717) is 0 Å². The molecule has 0 spiro atoms. The van der Waals surface area contributed by atoms with Crippen molar-refractivity contribution in [1.82, 2.24) is 4.90 Å². The molecule has 0 aliphatic carbocycles. The van der Waals surface area contributed by atoms with E-state index in [1.165, 1.54) is 11.1 Å². The van der Waals surface area contributed by atoms with Crippen molar-refractivity contribution in [2.24, 2.45) is 5.92 Å². The second-order valence-electron chi connectivity index (χ2n) is 8.06. The highest BCUT2D eigenvalue weighted by atomic mass is 16.5. The fourth-order valence-electron chi connectivity index (χ4n) is 3.91. The molecular weight excluding hydrogens is 344 g/mol. The number of aryl methyl sites for hydroxylation is 1. The first-order valence-electron chi connectivity index (χ1n) is 10.2. The van der Waals surface area contributed by atoms with Gasteiger partial charge in [-0.15, -0.1) is 0 Å². The van der Waals surface area contributed by atoms with Crippen molar-refractivity contribution in [3.8, 4) is 11.8 Å². The number of ether oxygens (including phenoxy) is 1. The van der Waals surface area contributed by atoms with Crippen LogP contribution in [0.25, 0.3) is 0 Å². The van der Waals surface area contributed by atoms with Crippen LogP contribution < -0.4 is 4.74 Å². The number of hydrogen-bond donors (Lipinski definition) is 0. The van der Waals surface area contributed by atoms with Gasteiger partial charge in [-0.05, 0) is 68.5 Å². The monoisotopic (exact) mass is 378 g/mol. The number of hydrogen-bond acceptors (Lipinski definition) is 3. The average Bonchev–Trinajstić information content (AvgIpc) is 2.70. The molecule has 1 atom stereocenters. The van der Waals surface area contributed by atoms with Gasteiger partial charge in [0.15, 0.2) is 0 Å². The molecule has 0 radical (unpaired) electrons. The van der Waals surface area contributed by atoms with Crippen molar-refractivity contribution in [2.45, 2.75) is 45.4 Å². The SMILES string of the molecule is COc1ccc(CCN(C)CCCC(C#N)(c2ccccc2)C(C)C)cc1C. The maximum absolute atomic E-state index is 10.0. The predicted octanol–water partition coefficient (Wildman–Crippen LogP) is 5.38. The molecule has 0 saturated heterocycles. The molecule has 0 amide bonds. The van der Waals surface area contributed by atoms with Crippen LogP contribution in [0.15, 0.2) is 48.5 Å². The molecule has 2 aromatic carbocycles. The Kier molecular flexibility index (Phi) is 8.08. The van der Waals surface area contributed by atoms with E-state index < -0.39 is 5.41 Å². The molecule has 2 aromatic rings. The third-order valence-electron chi connectivity index (χ3n) is 5.83. The predicted molar refractivity (Wildman–Crippen MR) is 117 cm³/mol. The molecule has 28 heavy (non-hydrogen) atoms. The summed E-state index contributed by atoms with van der Waals surface area (Å²) >= 11 is 0. The third kappa shape index (κ3) is 5.36. The van der Waals surface area contributed by atoms with Crippen LogP contribution in [0.1, 0.15) is 43.4 Å². The highest BCUT2D eigenvalue weighted by Crippen LogP contribution is 2.36. The van der Waals surface area contributed by atoms with Crippen molar-refractivity contribution >= 4 is 0 Å². The Morgan fingerprint density at radius 2 is 1.82 bits per heavy atom. The molecule has 3 nitrogen and oxygen atoms in total. The topological polar surface area (TPSA) is 36.3 Å². The van der Waals surface area contributed by atoms with Gasteiger partial charge in [-0.3, -0.25) is 0 Å². The zero-order chi connectivity index (χ0) is 20.6. The number of nitriles is 1. The standard InChI is InChI=1S/C25H34N2O/c1-20(2)25(19-26,23-10-7-6-8-11-23)15-9-16-27(4)17-14-22-12-13-24(28-5)21(3)18-22/h6-8,10-13,18,20H,9,14-17H2,1-5H3. The fourth-order valence-corrected chi connectivity index (χ4v) is 3.91. The molecule has 1 unspecified atom stereocenters. The summed E-state index contributed by atoms with van der Waals surface area (Å²) in [7, 11) is 3.88. The summed E-state index contributed by atoms with van der Waals surface area (Å²) in [6.07, 6.45) is 2.92. The Balaban J connectivity index is 1.90. The maximum Gasteiger partial charge on any atom is 0.121 e. The van der Waals surface area contributed by atoms with Crippen LogP contribution in [-0.2, 0) is 11.8 Å². The summed E-state index contributed by atoms with van der Waals surface area (Å²) < 4.78 is 5.34. The van der Waals surface area contributed by atoms with Gasteiger partial charge in [-0.25, -0.2) is 0 Å². The lowest BCUT2D eigenvalue weighted by Crippen LogP contribution is -2.32. The Hall–Kier alpha value is -2.31. The van der Waals surface area contributed by atoms with Crippen LogP contribution in [-0.4, -0.2) is 32.1 Å². The summed E-state index contributed by atoms with van der Waals surface area (Å²) in [5.41, 5.74) is 3.25. The van der Waals surface area contributed by atoms with Crippen molar-refractivity contribution in [1.29, 1.82) is 5.26 Å². The zero-order valence-electron chi connectivity index (χ0n) is 18.0. The quantitative estimate of drug-likeness (QED) is 0.557. The van der Waals surface area contributed by atoms with Crippen molar-refractivity contribution in [2.75, 3.05) is 27.2 Å². The minimum absolute atomic E-state index is 0.285. The Morgan fingerprint density at radius 1 is 1.11 bits per heavy atom. The van der Waals surface area contributed by atoms with Crippen LogP contribution in [0, 0.1) is 24.2 Å². The summed E-state index contributed by atoms with van der Waals surface area (Å²) in [6, 6.07) is 19.3. The van der Waals surface area contributed by atoms with E-state index in [4.69, 9.17) is 4.74 Å². The minimum Gasteiger partial charge on any atom is -0.496 e. The third-order valence-corrected chi connectivity index (χ3v) is 5.83. The lowest BCUT2D eigenvalue weighted by atomic mass is 9.70. The second kappa shape index (κ2) is 10.3. The summed E-state index contributed by atoms with van der Waals surface area (Å²) in [6.45, 7) is 8.41. The Labute approximate surface area is 170 Å². The van der Waals surface area contributed by atoms with Crippen LogP contribution in [0.4, 0.5) is 0 Å². The van der Waals surface area contributed by atoms with Gasteiger partial charge in [0.2, 0.25) is 0 Å². The van der Waals surface area contributed by atoms with Gasteiger partial charge < -0.3 is 9.64 Å². The Morgan fingerprint density at radius 3 is 2.39 bits per heavy atom. The lowest BCUT2D eigenvalue weighted by Gasteiger charge is -2.32. The zero-order valence-corrected chi connectivity index (χ0v) is 18.0. The molecular formula is C25H34N2O. The Bertz CT molecular complexity index is 779. The van der Waals surface area contributed by atoms with Gasteiger partial charge in [0.25, 0.3) is 0 Å². The van der Waals surface area contributed by atoms with E-state index >= 15 is 0 Å². The van der Waals surface area contributed by atoms with Gasteiger partial charge >= 0.3 is 0 Å². The maximum atomic E-state index is 10.0. The lowest BCUT2D eigenvalue weighted by molar-refractivity contribution is 0.294. The van der Waals surface area contributed by atoms with Crippen molar-refractivity contribution in [3.63, 3.8) is 0 Å². The molecule has 0 N–H and O–H groups in total. The molecule has 0 aliphatic rings. The average molecular weight is 379 g/mol. The molecule has 0 aromatic heterocycles. The van der Waals surface area contributed by atoms with Crippen LogP contribution in [0.5, 0.6) is 5.75 Å². The first-order chi connectivity index (χ1) is 13.4. The number of rotatable bonds is 10. The van der Waals surface area contributed by atoms with Gasteiger partial charge in [0.1, 0.15) is 5.75 Å². The van der Waals surface area contributed by atoms with E-state index in [1.54, 1.807) is 7.11 Å². The van der Waals surface area contributed by atoms with Gasteiger partial charge in [-0.1, -0.05) is 56.3 Å². The largest absolute Gasteiger partial charge is 0.496 e. The van der Waals surface area contributed by atoms with E-state index in [1.807, 2.05) is 18.2 Å². The first kappa shape index (κ1) is 22.0. The first-order valence-corrected chi connectivity index (χ1v) is 10.2. The van der Waals surface area contributed by atoms with Gasteiger partial charge in [-0.2, -0.15) is 5.26 Å². The van der Waals surface area contributed by atoms with Crippen LogP contribution >= 0.6 is 0 Å². The molecule has 150 valence electrons. The molecule has 3 heteroatoms. The van der Waals surface area contributed by atoms with Gasteiger partial charge in [0.05, 0.1) is 18.6 Å². The molecule has 0 aliphatic heterocycles. The van der Waals surface area contributed by atoms with Gasteiger partial charge in [0, 0.05) is 6.54 Å². The van der Waals surface area contributed by atoms with Crippen molar-refractivity contribution in [3.05, 3.63) is 65.2 Å². The molecule has 0 fully saturated rings. The minimum atomic E-state index is -0.408. The van der Waals surface area contributed by atoms with Crippen LogP contribution in [0.3, 0.4) is 0 Å². The smallest absolute Gasteiger partial charge is 0.121 e. The normalized spacial score (nSPS) is 13.4. The van der Waals surface area contributed by atoms with Crippen molar-refractivity contribution < 1.29 is 4.74 Å². The summed E-state index contributed by atoms with van der Waals surface area (Å²) in [4.78, 5) is 2.37. The summed E-state index contributed by atoms with van der Waals surface area (Å²) in [5, 5.41) is 10.0. The number of nitrogens with zero attached hydrogens (tertiary/aromatic N) is 2. The molecule has 0 heterocycles. The summed E-state index contributed by atoms with van der Waals surface area (Å²) in [5.74, 6) is 1.23. The van der Waals surface area contributed by atoms with E-state index in [9.17, 15) is 5.26 Å². The van der Waals surface area contributed by atoms with E-state index in [-0.39, 0.29) is 5.92 Å². The number of benzene rings is 2. The second-order valence-corrected chi connectivity index (χ2v) is 8.06. The van der Waals surface area contributed by atoms with E-state index in [2.05, 4.69) is 69.1 Å². The highest BCUT2D eigenvalue weighted by molar-refractivity contribution is 5.36. The molecule has 2 rings (SSSR count). The molecule has 0 saturated carbocycles.